The number of esters is 1. The standard InChI is InChI=1S/C25H31NO4/c1-6-26-19-12-13-21-20(15-19)23(28-16-18-10-8-7-9-11-18)24(25(4,5)30-21)29-22(27)14-17(2)3/h7-15,23-24,26H,6,16H2,1-5H3. The normalized spacial score (nSPS) is 19.2. The second kappa shape index (κ2) is 9.35. The van der Waals surface area contributed by atoms with Gasteiger partial charge in [0.05, 0.1) is 6.61 Å². The average molecular weight is 410 g/mol. The summed E-state index contributed by atoms with van der Waals surface area (Å²) in [7, 11) is 0. The number of anilines is 1. The second-order valence-corrected chi connectivity index (χ2v) is 8.28. The lowest BCUT2D eigenvalue weighted by Gasteiger charge is -2.43. The van der Waals surface area contributed by atoms with Gasteiger partial charge in [-0.1, -0.05) is 35.9 Å². The lowest BCUT2D eigenvalue weighted by molar-refractivity contribution is -0.181. The molecule has 1 aliphatic rings. The molecule has 0 aromatic heterocycles. The molecule has 0 aliphatic carbocycles. The summed E-state index contributed by atoms with van der Waals surface area (Å²) in [5, 5.41) is 3.33. The van der Waals surface area contributed by atoms with Crippen molar-refractivity contribution in [3.05, 3.63) is 71.3 Å². The molecule has 2 aromatic carbocycles. The third-order valence-corrected chi connectivity index (χ3v) is 4.95. The van der Waals surface area contributed by atoms with Gasteiger partial charge in [0.15, 0.2) is 6.10 Å². The lowest BCUT2D eigenvalue weighted by Crippen LogP contribution is -2.51. The first-order valence-corrected chi connectivity index (χ1v) is 10.4. The van der Waals surface area contributed by atoms with Crippen molar-refractivity contribution in [1.29, 1.82) is 0 Å². The van der Waals surface area contributed by atoms with Crippen LogP contribution in [-0.4, -0.2) is 24.2 Å². The summed E-state index contributed by atoms with van der Waals surface area (Å²) < 4.78 is 18.5. The summed E-state index contributed by atoms with van der Waals surface area (Å²) in [5.41, 5.74) is 3.03. The van der Waals surface area contributed by atoms with E-state index in [-0.39, 0.29) is 0 Å². The largest absolute Gasteiger partial charge is 0.483 e. The molecule has 1 N–H and O–H groups in total. The SMILES string of the molecule is CCNc1ccc2c(c1)C(OCc1ccccc1)C(OC(=O)C=C(C)C)C(C)(C)O2. The van der Waals surface area contributed by atoms with Crippen molar-refractivity contribution in [2.45, 2.75) is 59.0 Å². The highest BCUT2D eigenvalue weighted by Crippen LogP contribution is 2.44. The Labute approximate surface area is 179 Å². The van der Waals surface area contributed by atoms with E-state index in [1.807, 2.05) is 83.1 Å². The van der Waals surface area contributed by atoms with Gasteiger partial charge in [-0.25, -0.2) is 4.79 Å². The van der Waals surface area contributed by atoms with Crippen molar-refractivity contribution < 1.29 is 19.0 Å². The van der Waals surface area contributed by atoms with Crippen LogP contribution in [0.5, 0.6) is 5.75 Å². The molecule has 0 fully saturated rings. The summed E-state index contributed by atoms with van der Waals surface area (Å²) in [5.74, 6) is 0.352. The van der Waals surface area contributed by atoms with E-state index in [0.29, 0.717) is 6.61 Å². The zero-order chi connectivity index (χ0) is 21.7. The van der Waals surface area contributed by atoms with Gasteiger partial charge in [0.2, 0.25) is 0 Å². The van der Waals surface area contributed by atoms with Crippen LogP contribution in [0.3, 0.4) is 0 Å². The Morgan fingerprint density at radius 1 is 1.17 bits per heavy atom. The van der Waals surface area contributed by atoms with Crippen molar-refractivity contribution in [2.75, 3.05) is 11.9 Å². The molecule has 0 saturated heterocycles. The van der Waals surface area contributed by atoms with Crippen LogP contribution in [-0.2, 0) is 20.9 Å². The molecule has 1 aliphatic heterocycles. The van der Waals surface area contributed by atoms with E-state index in [1.54, 1.807) is 0 Å². The van der Waals surface area contributed by atoms with Gasteiger partial charge in [0, 0.05) is 23.9 Å². The number of fused-ring (bicyclic) bond motifs is 1. The van der Waals surface area contributed by atoms with Crippen LogP contribution in [0.15, 0.2) is 60.2 Å². The van der Waals surface area contributed by atoms with Crippen LogP contribution < -0.4 is 10.1 Å². The minimum atomic E-state index is -0.751. The number of hydrogen-bond donors (Lipinski definition) is 1. The Bertz CT molecular complexity index is 901. The average Bonchev–Trinajstić information content (AvgIpc) is 2.68. The smallest absolute Gasteiger partial charge is 0.331 e. The number of carbonyl (C=O) groups is 1. The van der Waals surface area contributed by atoms with Crippen molar-refractivity contribution in [2.24, 2.45) is 0 Å². The van der Waals surface area contributed by atoms with E-state index in [4.69, 9.17) is 14.2 Å². The molecule has 1 heterocycles. The molecule has 0 bridgehead atoms. The first-order valence-electron chi connectivity index (χ1n) is 10.4. The molecule has 5 heteroatoms. The molecule has 0 spiro atoms. The van der Waals surface area contributed by atoms with E-state index in [2.05, 4.69) is 5.32 Å². The minimum Gasteiger partial charge on any atom is -0.483 e. The maximum absolute atomic E-state index is 12.5. The molecule has 0 radical (unpaired) electrons. The molecule has 160 valence electrons. The molecule has 0 saturated carbocycles. The van der Waals surface area contributed by atoms with Crippen LogP contribution >= 0.6 is 0 Å². The Hall–Kier alpha value is -2.79. The Morgan fingerprint density at radius 3 is 2.57 bits per heavy atom. The number of nitrogens with one attached hydrogen (secondary N) is 1. The highest BCUT2D eigenvalue weighted by Gasteiger charge is 2.47. The number of rotatable bonds is 7. The predicted molar refractivity (Wildman–Crippen MR) is 119 cm³/mol. The van der Waals surface area contributed by atoms with Crippen LogP contribution in [0, 0.1) is 0 Å². The Morgan fingerprint density at radius 2 is 1.90 bits per heavy atom. The first-order chi connectivity index (χ1) is 14.3. The molecule has 2 atom stereocenters. The summed E-state index contributed by atoms with van der Waals surface area (Å²) in [6.07, 6.45) is 0.431. The molecular formula is C25H31NO4. The summed E-state index contributed by atoms with van der Waals surface area (Å²) >= 11 is 0. The van der Waals surface area contributed by atoms with Crippen molar-refractivity contribution in [3.8, 4) is 5.75 Å². The fraction of sp³-hybridized carbons (Fsp3) is 0.400. The molecule has 3 rings (SSSR count). The molecular weight excluding hydrogens is 378 g/mol. The van der Waals surface area contributed by atoms with Gasteiger partial charge in [-0.05, 0) is 58.4 Å². The van der Waals surface area contributed by atoms with Gasteiger partial charge in [-0.15, -0.1) is 0 Å². The third-order valence-electron chi connectivity index (χ3n) is 4.95. The molecule has 30 heavy (non-hydrogen) atoms. The summed E-state index contributed by atoms with van der Waals surface area (Å²) in [4.78, 5) is 12.5. The van der Waals surface area contributed by atoms with Crippen LogP contribution in [0.25, 0.3) is 0 Å². The van der Waals surface area contributed by atoms with Gasteiger partial charge < -0.3 is 19.5 Å². The maximum atomic E-state index is 12.5. The van der Waals surface area contributed by atoms with E-state index >= 15 is 0 Å². The van der Waals surface area contributed by atoms with E-state index in [9.17, 15) is 4.79 Å². The zero-order valence-corrected chi connectivity index (χ0v) is 18.4. The Balaban J connectivity index is 1.97. The van der Waals surface area contributed by atoms with E-state index in [1.165, 1.54) is 6.08 Å². The lowest BCUT2D eigenvalue weighted by atomic mass is 9.87. The first kappa shape index (κ1) is 21.9. The topological polar surface area (TPSA) is 56.8 Å². The Kier molecular flexibility index (Phi) is 6.83. The fourth-order valence-electron chi connectivity index (χ4n) is 3.58. The summed E-state index contributed by atoms with van der Waals surface area (Å²) in [6, 6.07) is 15.9. The van der Waals surface area contributed by atoms with E-state index < -0.39 is 23.8 Å². The molecule has 2 aromatic rings. The van der Waals surface area contributed by atoms with Crippen LogP contribution in [0.2, 0.25) is 0 Å². The van der Waals surface area contributed by atoms with Gasteiger partial charge in [0.25, 0.3) is 0 Å². The molecule has 2 unspecified atom stereocenters. The number of allylic oxidation sites excluding steroid dienone is 1. The maximum Gasteiger partial charge on any atom is 0.331 e. The van der Waals surface area contributed by atoms with Crippen molar-refractivity contribution in [1.82, 2.24) is 0 Å². The predicted octanol–water partition coefficient (Wildman–Crippen LogP) is 5.43. The zero-order valence-electron chi connectivity index (χ0n) is 18.4. The third kappa shape index (κ3) is 5.22. The van der Waals surface area contributed by atoms with Gasteiger partial charge in [-0.3, -0.25) is 0 Å². The summed E-state index contributed by atoms with van der Waals surface area (Å²) in [6.45, 7) is 10.8. The fourth-order valence-corrected chi connectivity index (χ4v) is 3.58. The monoisotopic (exact) mass is 409 g/mol. The van der Waals surface area contributed by atoms with Crippen LogP contribution in [0.4, 0.5) is 5.69 Å². The van der Waals surface area contributed by atoms with Crippen molar-refractivity contribution in [3.63, 3.8) is 0 Å². The molecule has 5 nitrogen and oxygen atoms in total. The highest BCUT2D eigenvalue weighted by atomic mass is 16.6. The molecule has 0 amide bonds. The number of ether oxygens (including phenoxy) is 3. The van der Waals surface area contributed by atoms with E-state index in [0.717, 1.165) is 34.7 Å². The van der Waals surface area contributed by atoms with Crippen molar-refractivity contribution >= 4 is 11.7 Å². The van der Waals surface area contributed by atoms with Gasteiger partial charge in [0.1, 0.15) is 17.5 Å². The second-order valence-electron chi connectivity index (χ2n) is 8.28. The van der Waals surface area contributed by atoms with Crippen LogP contribution in [0.1, 0.15) is 51.8 Å². The number of carbonyl (C=O) groups excluding carboxylic acids is 1. The number of benzene rings is 2. The quantitative estimate of drug-likeness (QED) is 0.488. The van der Waals surface area contributed by atoms with Gasteiger partial charge >= 0.3 is 5.97 Å². The minimum absolute atomic E-state index is 0.392. The highest BCUT2D eigenvalue weighted by molar-refractivity contribution is 5.83. The van der Waals surface area contributed by atoms with Gasteiger partial charge in [-0.2, -0.15) is 0 Å². The number of hydrogen-bond acceptors (Lipinski definition) is 5.